The van der Waals surface area contributed by atoms with Gasteiger partial charge in [-0.15, -0.1) is 0 Å². The number of carbonyl (C=O) groups excluding carboxylic acids is 1. The predicted molar refractivity (Wildman–Crippen MR) is 165 cm³/mol. The zero-order valence-corrected chi connectivity index (χ0v) is 26.4. The van der Waals surface area contributed by atoms with Crippen LogP contribution >= 0.6 is 0 Å². The highest BCUT2D eigenvalue weighted by atomic mass is 16.7. The van der Waals surface area contributed by atoms with Gasteiger partial charge < -0.3 is 60.1 Å². The summed E-state index contributed by atoms with van der Waals surface area (Å²) in [6.07, 6.45) is 5.25. The van der Waals surface area contributed by atoms with Crippen LogP contribution in [0.25, 0.3) is 0 Å². The molecule has 0 unspecified atom stereocenters. The standard InChI is InChI=1S/C33H47NO13/c1-18-10-8-6-4-3-5-7-9-11-21(45-32-30(39)28(34)29(38)19(2)44-32)15-25-27(31(40)41)22(36)17-33(42,47-25)16-20(35)14-24-23(46-24)12-13-26(37)43-18/h3-9,11-13,18-25,27-30,32,35-36,38-39,42H,10,14-17,34H2,1-2H3,(H,40,41)/b4-3+,7-5+,8-6-,11-9+,13-12-/t18-,19-,20+,21+,22+,23-,24+,25+,27-,28+,29-,30+,32+,33-/m1/s1. The Bertz CT molecular complexity index is 1220. The molecule has 2 bridgehead atoms. The zero-order chi connectivity index (χ0) is 34.3. The van der Waals surface area contributed by atoms with Crippen LogP contribution < -0.4 is 5.73 Å². The van der Waals surface area contributed by atoms with E-state index in [4.69, 9.17) is 29.4 Å². The molecule has 14 heteroatoms. The first-order valence-corrected chi connectivity index (χ1v) is 15.9. The highest BCUT2D eigenvalue weighted by Crippen LogP contribution is 2.39. The summed E-state index contributed by atoms with van der Waals surface area (Å²) in [7, 11) is 0. The van der Waals surface area contributed by atoms with Crippen molar-refractivity contribution in [3.05, 3.63) is 60.8 Å². The number of carboxylic acids is 1. The van der Waals surface area contributed by atoms with E-state index < -0.39 is 97.3 Å². The number of rotatable bonds is 3. The van der Waals surface area contributed by atoms with Crippen LogP contribution in [0.2, 0.25) is 0 Å². The van der Waals surface area contributed by atoms with Crippen LogP contribution in [0.15, 0.2) is 60.8 Å². The van der Waals surface area contributed by atoms with Crippen LogP contribution in [0.1, 0.15) is 46.0 Å². The lowest BCUT2D eigenvalue weighted by atomic mass is 9.83. The molecular weight excluding hydrogens is 618 g/mol. The molecule has 4 rings (SSSR count). The Labute approximate surface area is 273 Å². The topological polar surface area (TPSA) is 231 Å². The molecule has 47 heavy (non-hydrogen) atoms. The van der Waals surface area contributed by atoms with Crippen LogP contribution in [-0.4, -0.2) is 122 Å². The fourth-order valence-electron chi connectivity index (χ4n) is 6.00. The SMILES string of the molecule is C[C@@H]1C\C=C/C=C/C=C/C=C/[C@H](O[C@@H]2O[C@H](C)[C@@H](O)[C@H](N)[C@@H]2O)C[C@@H]2O[C@](O)(C[C@@H](O)C[C@@H]3O[C@@H]3/C=C\C(=O)O1)C[C@H](O)[C@H]2C(=O)O. The third-order valence-corrected chi connectivity index (χ3v) is 8.58. The predicted octanol–water partition coefficient (Wildman–Crippen LogP) is 0.120. The van der Waals surface area contributed by atoms with Gasteiger partial charge in [0.15, 0.2) is 12.1 Å². The van der Waals surface area contributed by atoms with Crippen molar-refractivity contribution in [3.63, 3.8) is 0 Å². The lowest BCUT2D eigenvalue weighted by Gasteiger charge is -2.45. The van der Waals surface area contributed by atoms with E-state index in [1.165, 1.54) is 12.2 Å². The summed E-state index contributed by atoms with van der Waals surface area (Å²) in [5.74, 6) is -5.45. The Morgan fingerprint density at radius 3 is 2.36 bits per heavy atom. The first-order chi connectivity index (χ1) is 22.3. The Morgan fingerprint density at radius 1 is 0.936 bits per heavy atom. The summed E-state index contributed by atoms with van der Waals surface area (Å²) in [4.78, 5) is 24.4. The molecule has 0 radical (unpaired) electrons. The average molecular weight is 666 g/mol. The second kappa shape index (κ2) is 16.6. The number of cyclic esters (lactones) is 1. The summed E-state index contributed by atoms with van der Waals surface area (Å²) < 4.78 is 28.5. The van der Waals surface area contributed by atoms with Crippen LogP contribution in [0, 0.1) is 5.92 Å². The fraction of sp³-hybridized carbons (Fsp3) is 0.636. The largest absolute Gasteiger partial charge is 0.481 e. The maximum absolute atomic E-state index is 12.3. The van der Waals surface area contributed by atoms with E-state index in [1.54, 1.807) is 56.4 Å². The van der Waals surface area contributed by atoms with Gasteiger partial charge >= 0.3 is 11.9 Å². The normalized spacial score (nSPS) is 47.2. The minimum absolute atomic E-state index is 0.0789. The molecule has 0 amide bonds. The molecule has 0 aromatic heterocycles. The van der Waals surface area contributed by atoms with Crippen molar-refractivity contribution < 1.29 is 63.9 Å². The van der Waals surface area contributed by atoms with Gasteiger partial charge in [-0.2, -0.15) is 0 Å². The maximum Gasteiger partial charge on any atom is 0.330 e. The number of hydrogen-bond donors (Lipinski definition) is 7. The number of epoxide rings is 1. The maximum atomic E-state index is 12.3. The van der Waals surface area contributed by atoms with Crippen molar-refractivity contribution in [2.45, 2.75) is 125 Å². The number of aliphatic carboxylic acids is 1. The lowest BCUT2D eigenvalue weighted by Crippen LogP contribution is -2.61. The fourth-order valence-corrected chi connectivity index (χ4v) is 6.00. The molecular formula is C33H47NO13. The molecule has 3 fully saturated rings. The number of allylic oxidation sites excluding steroid dienone is 6. The Hall–Kier alpha value is -2.76. The number of carbonyl (C=O) groups is 2. The van der Waals surface area contributed by atoms with E-state index >= 15 is 0 Å². The molecule has 4 heterocycles. The molecule has 8 N–H and O–H groups in total. The van der Waals surface area contributed by atoms with Crippen LogP contribution in [0.4, 0.5) is 0 Å². The molecule has 0 aliphatic carbocycles. The van der Waals surface area contributed by atoms with E-state index in [2.05, 4.69) is 0 Å². The summed E-state index contributed by atoms with van der Waals surface area (Å²) >= 11 is 0. The molecule has 4 aliphatic heterocycles. The highest BCUT2D eigenvalue weighted by molar-refractivity contribution is 5.82. The number of esters is 1. The third kappa shape index (κ3) is 10.6. The number of carboxylic acid groups (broad SMARTS) is 1. The van der Waals surface area contributed by atoms with Gasteiger partial charge in [0.25, 0.3) is 0 Å². The van der Waals surface area contributed by atoms with Gasteiger partial charge in [0.1, 0.15) is 24.2 Å². The first-order valence-electron chi connectivity index (χ1n) is 15.9. The third-order valence-electron chi connectivity index (χ3n) is 8.58. The van der Waals surface area contributed by atoms with Crippen molar-refractivity contribution in [2.75, 3.05) is 0 Å². The molecule has 4 aliphatic rings. The number of ether oxygens (including phenoxy) is 5. The van der Waals surface area contributed by atoms with Crippen molar-refractivity contribution >= 4 is 11.9 Å². The van der Waals surface area contributed by atoms with Crippen molar-refractivity contribution in [1.82, 2.24) is 0 Å². The molecule has 262 valence electrons. The molecule has 0 aromatic rings. The average Bonchev–Trinajstić information content (AvgIpc) is 3.72. The quantitative estimate of drug-likeness (QED) is 0.157. The number of nitrogens with two attached hydrogens (primary N) is 1. The second-order valence-electron chi connectivity index (χ2n) is 12.6. The second-order valence-corrected chi connectivity index (χ2v) is 12.6. The molecule has 14 atom stereocenters. The summed E-state index contributed by atoms with van der Waals surface area (Å²) in [6, 6.07) is -1.08. The van der Waals surface area contributed by atoms with Crippen LogP contribution in [0.5, 0.6) is 0 Å². The Kier molecular flexibility index (Phi) is 13.1. The number of aliphatic hydroxyl groups excluding tert-OH is 4. The summed E-state index contributed by atoms with van der Waals surface area (Å²) in [5.41, 5.74) is 5.98. The Balaban J connectivity index is 1.58. The van der Waals surface area contributed by atoms with Gasteiger partial charge in [-0.05, 0) is 19.9 Å². The van der Waals surface area contributed by atoms with Gasteiger partial charge in [0.2, 0.25) is 0 Å². The van der Waals surface area contributed by atoms with E-state index in [9.17, 15) is 40.2 Å². The van der Waals surface area contributed by atoms with Gasteiger partial charge in [-0.1, -0.05) is 48.6 Å². The Morgan fingerprint density at radius 2 is 1.64 bits per heavy atom. The number of hydrogen-bond acceptors (Lipinski definition) is 13. The molecule has 3 saturated heterocycles. The highest BCUT2D eigenvalue weighted by Gasteiger charge is 2.51. The molecule has 0 saturated carbocycles. The van der Waals surface area contributed by atoms with Gasteiger partial charge in [-0.25, -0.2) is 4.79 Å². The van der Waals surface area contributed by atoms with Crippen molar-refractivity contribution in [2.24, 2.45) is 11.7 Å². The van der Waals surface area contributed by atoms with Gasteiger partial charge in [-0.3, -0.25) is 4.79 Å². The first kappa shape index (κ1) is 37.1. The zero-order valence-electron chi connectivity index (χ0n) is 26.4. The van der Waals surface area contributed by atoms with E-state index in [1.807, 2.05) is 6.08 Å². The molecule has 0 spiro atoms. The lowest BCUT2D eigenvalue weighted by molar-refractivity contribution is -0.308. The molecule has 0 aromatic carbocycles. The molecule has 14 nitrogen and oxygen atoms in total. The number of aliphatic hydroxyl groups is 5. The minimum atomic E-state index is -2.10. The van der Waals surface area contributed by atoms with Crippen LogP contribution in [0.3, 0.4) is 0 Å². The van der Waals surface area contributed by atoms with Crippen molar-refractivity contribution in [3.8, 4) is 0 Å². The van der Waals surface area contributed by atoms with Crippen LogP contribution in [-0.2, 0) is 33.3 Å². The minimum Gasteiger partial charge on any atom is -0.481 e. The smallest absolute Gasteiger partial charge is 0.330 e. The van der Waals surface area contributed by atoms with E-state index in [0.717, 1.165) is 0 Å². The monoisotopic (exact) mass is 665 g/mol. The van der Waals surface area contributed by atoms with E-state index in [0.29, 0.717) is 6.42 Å². The summed E-state index contributed by atoms with van der Waals surface area (Å²) in [6.45, 7) is 3.34. The van der Waals surface area contributed by atoms with Crippen molar-refractivity contribution in [1.29, 1.82) is 0 Å². The van der Waals surface area contributed by atoms with Gasteiger partial charge in [0.05, 0.1) is 48.8 Å². The van der Waals surface area contributed by atoms with Gasteiger partial charge in [0, 0.05) is 38.2 Å². The summed E-state index contributed by atoms with van der Waals surface area (Å²) in [5, 5.41) is 63.9. The number of fused-ring (bicyclic) bond motifs is 3. The van der Waals surface area contributed by atoms with E-state index in [-0.39, 0.29) is 25.4 Å².